The molecule has 8 heteroatoms. The number of carbonyl (C=O) groups excluding carboxylic acids is 2. The fraction of sp³-hybridized carbons (Fsp3) is 0.417. The maximum Gasteiger partial charge on any atom is 0.258 e. The molecule has 8 nitrogen and oxygen atoms in total. The molecule has 0 aromatic heterocycles. The van der Waals surface area contributed by atoms with Gasteiger partial charge in [-0.1, -0.05) is 12.1 Å². The van der Waals surface area contributed by atoms with Gasteiger partial charge in [0.15, 0.2) is 18.1 Å². The summed E-state index contributed by atoms with van der Waals surface area (Å²) in [5.74, 6) is 2.02. The number of methoxy groups -OCH3 is 2. The zero-order valence-corrected chi connectivity index (χ0v) is 18.8. The van der Waals surface area contributed by atoms with Crippen LogP contribution >= 0.6 is 0 Å². The molecule has 0 aliphatic carbocycles. The van der Waals surface area contributed by atoms with E-state index in [1.807, 2.05) is 19.1 Å². The van der Waals surface area contributed by atoms with Crippen LogP contribution in [0.3, 0.4) is 0 Å². The van der Waals surface area contributed by atoms with Crippen molar-refractivity contribution in [2.75, 3.05) is 40.5 Å². The molecular weight excluding hydrogens is 412 g/mol. The van der Waals surface area contributed by atoms with Crippen molar-refractivity contribution in [3.8, 4) is 23.0 Å². The summed E-state index contributed by atoms with van der Waals surface area (Å²) in [6, 6.07) is 12.4. The van der Waals surface area contributed by atoms with Gasteiger partial charge in [0.25, 0.3) is 11.8 Å². The summed E-state index contributed by atoms with van der Waals surface area (Å²) in [6.45, 7) is 3.43. The number of nitrogens with one attached hydrogen (secondary N) is 1. The van der Waals surface area contributed by atoms with Crippen LogP contribution in [0.2, 0.25) is 0 Å². The minimum atomic E-state index is -0.196. The zero-order valence-electron chi connectivity index (χ0n) is 18.8. The molecule has 1 heterocycles. The molecule has 2 aromatic rings. The maximum absolute atomic E-state index is 12.9. The van der Waals surface area contributed by atoms with Gasteiger partial charge in [0.1, 0.15) is 11.5 Å². The number of amides is 2. The molecule has 0 radical (unpaired) electrons. The Morgan fingerprint density at radius 2 is 1.56 bits per heavy atom. The maximum atomic E-state index is 12.9. The Morgan fingerprint density at radius 1 is 0.969 bits per heavy atom. The average molecular weight is 443 g/mol. The van der Waals surface area contributed by atoms with Crippen molar-refractivity contribution in [2.24, 2.45) is 0 Å². The minimum Gasteiger partial charge on any atom is -0.497 e. The van der Waals surface area contributed by atoms with Crippen molar-refractivity contribution < 1.29 is 28.5 Å². The summed E-state index contributed by atoms with van der Waals surface area (Å²) in [5.41, 5.74) is 0.519. The lowest BCUT2D eigenvalue weighted by Gasteiger charge is -2.32. The fourth-order valence-electron chi connectivity index (χ4n) is 3.60. The van der Waals surface area contributed by atoms with Crippen LogP contribution in [0.25, 0.3) is 0 Å². The number of hydrogen-bond donors (Lipinski definition) is 1. The van der Waals surface area contributed by atoms with Crippen LogP contribution < -0.4 is 24.3 Å². The molecule has 0 bridgehead atoms. The van der Waals surface area contributed by atoms with E-state index >= 15 is 0 Å². The van der Waals surface area contributed by atoms with E-state index in [1.165, 1.54) is 0 Å². The van der Waals surface area contributed by atoms with E-state index in [2.05, 4.69) is 5.32 Å². The van der Waals surface area contributed by atoms with Crippen LogP contribution in [0.5, 0.6) is 23.0 Å². The molecule has 0 unspecified atom stereocenters. The number of ether oxygens (including phenoxy) is 4. The molecule has 0 atom stereocenters. The van der Waals surface area contributed by atoms with Crippen LogP contribution in [-0.4, -0.2) is 63.3 Å². The number of nitrogens with zero attached hydrogens (tertiary/aromatic N) is 1. The van der Waals surface area contributed by atoms with Crippen LogP contribution in [0.15, 0.2) is 42.5 Å². The first kappa shape index (κ1) is 23.2. The molecule has 32 heavy (non-hydrogen) atoms. The Bertz CT molecular complexity index is 902. The number of carbonyl (C=O) groups is 2. The molecule has 1 aliphatic heterocycles. The molecule has 1 fully saturated rings. The first-order valence-electron chi connectivity index (χ1n) is 10.7. The molecule has 1 N–H and O–H groups in total. The molecule has 0 spiro atoms. The fourth-order valence-corrected chi connectivity index (χ4v) is 3.60. The normalized spacial score (nSPS) is 13.9. The van der Waals surface area contributed by atoms with Gasteiger partial charge in [0, 0.05) is 30.8 Å². The summed E-state index contributed by atoms with van der Waals surface area (Å²) in [4.78, 5) is 27.0. The smallest absolute Gasteiger partial charge is 0.258 e. The molecule has 2 aromatic carbocycles. The van der Waals surface area contributed by atoms with Gasteiger partial charge in [-0.15, -0.1) is 0 Å². The van der Waals surface area contributed by atoms with Crippen molar-refractivity contribution in [1.82, 2.24) is 10.2 Å². The first-order valence-corrected chi connectivity index (χ1v) is 10.7. The van der Waals surface area contributed by atoms with Crippen molar-refractivity contribution in [2.45, 2.75) is 25.8 Å². The standard InChI is InChI=1S/C24H30N2O6/c1-4-31-21-7-5-6-8-22(21)32-16-23(27)25-18-9-11-26(12-10-18)24(28)17-13-19(29-2)15-20(14-17)30-3/h5-8,13-15,18H,4,9-12,16H2,1-3H3,(H,25,27). The second-order valence-electron chi connectivity index (χ2n) is 7.40. The van der Waals surface area contributed by atoms with Gasteiger partial charge in [-0.3, -0.25) is 9.59 Å². The third kappa shape index (κ3) is 6.06. The van der Waals surface area contributed by atoms with Crippen molar-refractivity contribution in [1.29, 1.82) is 0 Å². The van der Waals surface area contributed by atoms with E-state index in [0.717, 1.165) is 0 Å². The van der Waals surface area contributed by atoms with Crippen LogP contribution in [0, 0.1) is 0 Å². The zero-order chi connectivity index (χ0) is 22.9. The summed E-state index contributed by atoms with van der Waals surface area (Å²) in [7, 11) is 3.10. The molecule has 172 valence electrons. The molecule has 0 saturated carbocycles. The summed E-state index contributed by atoms with van der Waals surface area (Å²) < 4.78 is 21.6. The Hall–Kier alpha value is -3.42. The Morgan fingerprint density at radius 3 is 2.12 bits per heavy atom. The van der Waals surface area contributed by atoms with Crippen LogP contribution in [0.1, 0.15) is 30.1 Å². The van der Waals surface area contributed by atoms with Gasteiger partial charge < -0.3 is 29.2 Å². The Labute approximate surface area is 188 Å². The van der Waals surface area contributed by atoms with E-state index in [-0.39, 0.29) is 24.5 Å². The van der Waals surface area contributed by atoms with Crippen LogP contribution in [-0.2, 0) is 4.79 Å². The third-order valence-electron chi connectivity index (χ3n) is 5.25. The average Bonchev–Trinajstić information content (AvgIpc) is 2.83. The molecular formula is C24H30N2O6. The Balaban J connectivity index is 1.48. The van der Waals surface area contributed by atoms with E-state index in [0.29, 0.717) is 61.1 Å². The minimum absolute atomic E-state index is 0.00266. The highest BCUT2D eigenvalue weighted by Crippen LogP contribution is 2.26. The Kier molecular flexibility index (Phi) is 8.19. The number of piperidine rings is 1. The van der Waals surface area contributed by atoms with Crippen molar-refractivity contribution in [3.63, 3.8) is 0 Å². The van der Waals surface area contributed by atoms with Crippen LogP contribution in [0.4, 0.5) is 0 Å². The second-order valence-corrected chi connectivity index (χ2v) is 7.40. The lowest BCUT2D eigenvalue weighted by atomic mass is 10.0. The first-order chi connectivity index (χ1) is 15.5. The number of hydrogen-bond acceptors (Lipinski definition) is 6. The lowest BCUT2D eigenvalue weighted by molar-refractivity contribution is -0.124. The number of likely N-dealkylation sites (tertiary alicyclic amines) is 1. The SMILES string of the molecule is CCOc1ccccc1OCC(=O)NC1CCN(C(=O)c2cc(OC)cc(OC)c2)CC1. The highest BCUT2D eigenvalue weighted by Gasteiger charge is 2.25. The van der Waals surface area contributed by atoms with Crippen molar-refractivity contribution in [3.05, 3.63) is 48.0 Å². The molecule has 1 aliphatic rings. The van der Waals surface area contributed by atoms with Gasteiger partial charge in [-0.25, -0.2) is 0 Å². The predicted molar refractivity (Wildman–Crippen MR) is 120 cm³/mol. The highest BCUT2D eigenvalue weighted by molar-refractivity contribution is 5.95. The van der Waals surface area contributed by atoms with E-state index in [1.54, 1.807) is 49.5 Å². The summed E-state index contributed by atoms with van der Waals surface area (Å²) >= 11 is 0. The number of benzene rings is 2. The van der Waals surface area contributed by atoms with Crippen molar-refractivity contribution >= 4 is 11.8 Å². The molecule has 3 rings (SSSR count). The lowest BCUT2D eigenvalue weighted by Crippen LogP contribution is -2.47. The van der Waals surface area contributed by atoms with Gasteiger partial charge in [0.05, 0.1) is 20.8 Å². The summed E-state index contributed by atoms with van der Waals surface area (Å²) in [5, 5.41) is 2.99. The molecule has 2 amide bonds. The van der Waals surface area contributed by atoms with Gasteiger partial charge in [-0.05, 0) is 44.0 Å². The number of para-hydroxylation sites is 2. The van der Waals surface area contributed by atoms with Gasteiger partial charge in [-0.2, -0.15) is 0 Å². The topological polar surface area (TPSA) is 86.3 Å². The quantitative estimate of drug-likeness (QED) is 0.643. The number of rotatable bonds is 9. The second kappa shape index (κ2) is 11.3. The van der Waals surface area contributed by atoms with Gasteiger partial charge >= 0.3 is 0 Å². The molecule has 1 saturated heterocycles. The predicted octanol–water partition coefficient (Wildman–Crippen LogP) is 2.90. The van der Waals surface area contributed by atoms with E-state index < -0.39 is 0 Å². The van der Waals surface area contributed by atoms with E-state index in [4.69, 9.17) is 18.9 Å². The summed E-state index contributed by atoms with van der Waals surface area (Å²) in [6.07, 6.45) is 1.35. The third-order valence-corrected chi connectivity index (χ3v) is 5.25. The highest BCUT2D eigenvalue weighted by atomic mass is 16.5. The largest absolute Gasteiger partial charge is 0.497 e. The van der Waals surface area contributed by atoms with Gasteiger partial charge in [0.2, 0.25) is 0 Å². The van der Waals surface area contributed by atoms with E-state index in [9.17, 15) is 9.59 Å². The monoisotopic (exact) mass is 442 g/mol.